The van der Waals surface area contributed by atoms with Gasteiger partial charge in [0, 0.05) is 6.21 Å². The summed E-state index contributed by atoms with van der Waals surface area (Å²) in [6.45, 7) is 3.69. The van der Waals surface area contributed by atoms with Crippen molar-refractivity contribution in [1.82, 2.24) is 0 Å². The maximum Gasteiger partial charge on any atom is 0.0950 e. The molecule has 0 saturated heterocycles. The maximum atomic E-state index is 4.13. The molecule has 0 aromatic carbocycles. The predicted octanol–water partition coefficient (Wildman–Crippen LogP) is 1.53. The number of hydrogen-bond acceptors (Lipinski definition) is 3. The SMILES string of the molecule is C=C1C=NSC1S. The lowest BCUT2D eigenvalue weighted by molar-refractivity contribution is 1.64. The highest BCUT2D eigenvalue weighted by Crippen LogP contribution is 2.26. The number of nitrogens with zero attached hydrogens (tertiary/aromatic N) is 1. The molecular formula is C4H5NS2. The van der Waals surface area contributed by atoms with Gasteiger partial charge in [0.15, 0.2) is 0 Å². The van der Waals surface area contributed by atoms with Gasteiger partial charge in [-0.05, 0) is 17.5 Å². The molecule has 0 amide bonds. The van der Waals surface area contributed by atoms with Crippen LogP contribution in [0.3, 0.4) is 0 Å². The summed E-state index contributed by atoms with van der Waals surface area (Å²) in [7, 11) is 0. The third-order valence-corrected chi connectivity index (χ3v) is 2.04. The molecular weight excluding hydrogens is 126 g/mol. The molecule has 0 bridgehead atoms. The minimum absolute atomic E-state index is 0.208. The van der Waals surface area contributed by atoms with Crippen molar-refractivity contribution in [3.63, 3.8) is 0 Å². The fraction of sp³-hybridized carbons (Fsp3) is 0.250. The molecule has 1 aliphatic heterocycles. The summed E-state index contributed by atoms with van der Waals surface area (Å²) in [5.74, 6) is 0. The predicted molar refractivity (Wildman–Crippen MR) is 38.0 cm³/mol. The molecule has 0 fully saturated rings. The van der Waals surface area contributed by atoms with Gasteiger partial charge in [-0.3, -0.25) is 0 Å². The van der Waals surface area contributed by atoms with Gasteiger partial charge in [-0.1, -0.05) is 6.58 Å². The van der Waals surface area contributed by atoms with Crippen molar-refractivity contribution in [2.24, 2.45) is 4.40 Å². The highest BCUT2D eigenvalue weighted by Gasteiger charge is 2.09. The molecule has 1 rings (SSSR count). The monoisotopic (exact) mass is 131 g/mol. The zero-order chi connectivity index (χ0) is 5.28. The molecule has 7 heavy (non-hydrogen) atoms. The third kappa shape index (κ3) is 1.01. The van der Waals surface area contributed by atoms with Gasteiger partial charge in [0.2, 0.25) is 0 Å². The summed E-state index contributed by atoms with van der Waals surface area (Å²) in [6.07, 6.45) is 1.74. The first kappa shape index (κ1) is 5.25. The first-order chi connectivity index (χ1) is 3.30. The van der Waals surface area contributed by atoms with E-state index >= 15 is 0 Å². The lowest BCUT2D eigenvalue weighted by Crippen LogP contribution is -1.87. The van der Waals surface area contributed by atoms with Crippen LogP contribution in [0.4, 0.5) is 0 Å². The Hall–Kier alpha value is 0.110. The average molecular weight is 131 g/mol. The molecule has 1 aliphatic rings. The first-order valence-corrected chi connectivity index (χ1v) is 3.22. The van der Waals surface area contributed by atoms with Crippen molar-refractivity contribution in [3.8, 4) is 0 Å². The van der Waals surface area contributed by atoms with Gasteiger partial charge in [-0.15, -0.1) is 0 Å². The van der Waals surface area contributed by atoms with E-state index in [-0.39, 0.29) is 4.58 Å². The van der Waals surface area contributed by atoms with Crippen LogP contribution in [0.25, 0.3) is 0 Å². The van der Waals surface area contributed by atoms with Crippen molar-refractivity contribution in [2.75, 3.05) is 0 Å². The van der Waals surface area contributed by atoms with Crippen molar-refractivity contribution in [2.45, 2.75) is 4.58 Å². The second-order valence-electron chi connectivity index (χ2n) is 1.27. The van der Waals surface area contributed by atoms with Crippen LogP contribution in [-0.4, -0.2) is 10.8 Å². The molecule has 0 aliphatic carbocycles. The van der Waals surface area contributed by atoms with E-state index < -0.39 is 0 Å². The molecule has 0 N–H and O–H groups in total. The molecule has 1 nitrogen and oxygen atoms in total. The Bertz CT molecular complexity index is 119. The van der Waals surface area contributed by atoms with Crippen molar-refractivity contribution in [3.05, 3.63) is 12.2 Å². The van der Waals surface area contributed by atoms with E-state index in [2.05, 4.69) is 23.6 Å². The van der Waals surface area contributed by atoms with Crippen molar-refractivity contribution < 1.29 is 0 Å². The van der Waals surface area contributed by atoms with E-state index in [0.717, 1.165) is 5.57 Å². The van der Waals surface area contributed by atoms with Crippen LogP contribution in [0.2, 0.25) is 0 Å². The number of hydrogen-bond donors (Lipinski definition) is 1. The minimum Gasteiger partial charge on any atom is -0.223 e. The second-order valence-corrected chi connectivity index (χ2v) is 3.03. The van der Waals surface area contributed by atoms with Crippen LogP contribution in [0, 0.1) is 0 Å². The molecule has 0 radical (unpaired) electrons. The smallest absolute Gasteiger partial charge is 0.0950 e. The highest BCUT2D eigenvalue weighted by molar-refractivity contribution is 8.10. The van der Waals surface area contributed by atoms with Gasteiger partial charge in [0.25, 0.3) is 0 Å². The Morgan fingerprint density at radius 1 is 2.00 bits per heavy atom. The van der Waals surface area contributed by atoms with E-state index in [0.29, 0.717) is 0 Å². The largest absolute Gasteiger partial charge is 0.223 e. The molecule has 0 aromatic heterocycles. The summed E-state index contributed by atoms with van der Waals surface area (Å²) in [6, 6.07) is 0. The molecule has 1 unspecified atom stereocenters. The van der Waals surface area contributed by atoms with E-state index in [9.17, 15) is 0 Å². The summed E-state index contributed by atoms with van der Waals surface area (Å²) >= 11 is 5.57. The number of thiol groups is 1. The van der Waals surface area contributed by atoms with Crippen LogP contribution in [0.1, 0.15) is 0 Å². The van der Waals surface area contributed by atoms with E-state index in [4.69, 9.17) is 0 Å². The summed E-state index contributed by atoms with van der Waals surface area (Å²) in [5, 5.41) is 0. The molecule has 0 spiro atoms. The molecule has 3 heteroatoms. The normalized spacial score (nSPS) is 29.3. The van der Waals surface area contributed by atoms with Crippen LogP contribution in [0.15, 0.2) is 16.5 Å². The maximum absolute atomic E-state index is 4.13. The second kappa shape index (κ2) is 1.92. The van der Waals surface area contributed by atoms with Gasteiger partial charge in [-0.25, -0.2) is 4.40 Å². The van der Waals surface area contributed by atoms with Gasteiger partial charge in [0.1, 0.15) is 0 Å². The lowest BCUT2D eigenvalue weighted by Gasteiger charge is -1.92. The topological polar surface area (TPSA) is 12.4 Å². The van der Waals surface area contributed by atoms with Crippen LogP contribution >= 0.6 is 24.6 Å². The van der Waals surface area contributed by atoms with Crippen LogP contribution in [-0.2, 0) is 0 Å². The average Bonchev–Trinajstić information content (AvgIpc) is 1.91. The van der Waals surface area contributed by atoms with E-state index in [1.807, 2.05) is 0 Å². The Labute approximate surface area is 52.4 Å². The Balaban J connectivity index is 2.62. The fourth-order valence-corrected chi connectivity index (χ4v) is 1.02. The van der Waals surface area contributed by atoms with Gasteiger partial charge >= 0.3 is 0 Å². The van der Waals surface area contributed by atoms with Crippen LogP contribution in [0.5, 0.6) is 0 Å². The first-order valence-electron chi connectivity index (χ1n) is 1.87. The fourth-order valence-electron chi connectivity index (χ4n) is 0.287. The van der Waals surface area contributed by atoms with E-state index in [1.165, 1.54) is 11.9 Å². The quantitative estimate of drug-likeness (QED) is 0.388. The molecule has 0 aromatic rings. The molecule has 1 atom stereocenters. The molecule has 0 saturated carbocycles. The molecule has 38 valence electrons. The lowest BCUT2D eigenvalue weighted by atomic mass is 10.4. The Morgan fingerprint density at radius 2 is 2.71 bits per heavy atom. The van der Waals surface area contributed by atoms with Gasteiger partial charge in [-0.2, -0.15) is 12.6 Å². The van der Waals surface area contributed by atoms with Gasteiger partial charge in [0.05, 0.1) is 4.58 Å². The zero-order valence-electron chi connectivity index (χ0n) is 3.66. The molecule has 1 heterocycles. The summed E-state index contributed by atoms with van der Waals surface area (Å²) in [5.41, 5.74) is 0.994. The Morgan fingerprint density at radius 3 is 2.86 bits per heavy atom. The summed E-state index contributed by atoms with van der Waals surface area (Å²) < 4.78 is 4.07. The number of rotatable bonds is 0. The Kier molecular flexibility index (Phi) is 1.44. The standard InChI is InChI=1S/C4H5NS2/c1-3-2-5-7-4(3)6/h2,4,6H,1H2. The van der Waals surface area contributed by atoms with E-state index in [1.54, 1.807) is 6.21 Å². The third-order valence-electron chi connectivity index (χ3n) is 0.696. The van der Waals surface area contributed by atoms with Crippen molar-refractivity contribution >= 4 is 30.8 Å². The highest BCUT2D eigenvalue weighted by atomic mass is 32.2. The van der Waals surface area contributed by atoms with Crippen LogP contribution < -0.4 is 0 Å². The van der Waals surface area contributed by atoms with Gasteiger partial charge < -0.3 is 0 Å². The van der Waals surface area contributed by atoms with Crippen molar-refractivity contribution in [1.29, 1.82) is 0 Å². The summed E-state index contributed by atoms with van der Waals surface area (Å²) in [4.78, 5) is 0. The minimum atomic E-state index is 0.208. The zero-order valence-corrected chi connectivity index (χ0v) is 5.38.